The van der Waals surface area contributed by atoms with Gasteiger partial charge >= 0.3 is 0 Å². The average Bonchev–Trinajstić information content (AvgIpc) is 2.56. The lowest BCUT2D eigenvalue weighted by Gasteiger charge is -2.10. The van der Waals surface area contributed by atoms with Crippen LogP contribution < -0.4 is 9.47 Å². The van der Waals surface area contributed by atoms with Crippen molar-refractivity contribution in [1.82, 2.24) is 9.97 Å². The Balaban J connectivity index is 1.98. The smallest absolute Gasteiger partial charge is 0.266 e. The van der Waals surface area contributed by atoms with E-state index >= 15 is 0 Å². The maximum absolute atomic E-state index is 5.97. The number of rotatable bonds is 4. The average molecular weight is 313 g/mol. The number of hydrogen-bond acceptors (Lipinski definition) is 4. The zero-order valence-electron chi connectivity index (χ0n) is 11.9. The highest BCUT2D eigenvalue weighted by Crippen LogP contribution is 2.31. The van der Waals surface area contributed by atoms with Crippen molar-refractivity contribution >= 4 is 11.6 Å². The summed E-state index contributed by atoms with van der Waals surface area (Å²) in [6, 6.07) is 16.8. The van der Waals surface area contributed by atoms with E-state index in [1.165, 1.54) is 0 Å². The highest BCUT2D eigenvalue weighted by molar-refractivity contribution is 6.30. The Hall–Kier alpha value is -2.59. The van der Waals surface area contributed by atoms with Crippen molar-refractivity contribution in [3.05, 3.63) is 65.8 Å². The summed E-state index contributed by atoms with van der Waals surface area (Å²) in [5, 5.41) is 0.591. The fourth-order valence-electron chi connectivity index (χ4n) is 1.94. The molecule has 0 radical (unpaired) electrons. The first-order valence-electron chi connectivity index (χ1n) is 6.66. The second-order valence-corrected chi connectivity index (χ2v) is 4.93. The van der Waals surface area contributed by atoms with E-state index in [9.17, 15) is 0 Å². The minimum absolute atomic E-state index is 0.346. The molecule has 0 amide bonds. The van der Waals surface area contributed by atoms with Gasteiger partial charge in [0.25, 0.3) is 5.88 Å². The number of nitrogens with zero attached hydrogens (tertiary/aromatic N) is 2. The first kappa shape index (κ1) is 14.4. The van der Waals surface area contributed by atoms with Gasteiger partial charge in [0.05, 0.1) is 13.3 Å². The van der Waals surface area contributed by atoms with Gasteiger partial charge in [-0.1, -0.05) is 48.0 Å². The van der Waals surface area contributed by atoms with Crippen molar-refractivity contribution in [3.63, 3.8) is 0 Å². The molecule has 22 heavy (non-hydrogen) atoms. The van der Waals surface area contributed by atoms with Gasteiger partial charge < -0.3 is 9.47 Å². The fourth-order valence-corrected chi connectivity index (χ4v) is 2.12. The molecule has 0 saturated carbocycles. The first-order valence-corrected chi connectivity index (χ1v) is 7.04. The van der Waals surface area contributed by atoms with Crippen molar-refractivity contribution in [2.24, 2.45) is 0 Å². The topological polar surface area (TPSA) is 44.2 Å². The number of methoxy groups -OCH3 is 1. The molecule has 0 unspecified atom stereocenters. The Morgan fingerprint density at radius 1 is 1.00 bits per heavy atom. The van der Waals surface area contributed by atoms with Crippen LogP contribution in [-0.4, -0.2) is 17.1 Å². The van der Waals surface area contributed by atoms with E-state index in [1.807, 2.05) is 36.4 Å². The van der Waals surface area contributed by atoms with Gasteiger partial charge in [0, 0.05) is 10.6 Å². The van der Waals surface area contributed by atoms with Gasteiger partial charge in [0.15, 0.2) is 11.6 Å². The predicted octanol–water partition coefficient (Wildman–Crippen LogP) is 4.60. The zero-order valence-corrected chi connectivity index (χ0v) is 12.6. The van der Waals surface area contributed by atoms with Gasteiger partial charge in [0.2, 0.25) is 0 Å². The number of hydrogen-bond donors (Lipinski definition) is 0. The van der Waals surface area contributed by atoms with Gasteiger partial charge in [-0.15, -0.1) is 0 Å². The summed E-state index contributed by atoms with van der Waals surface area (Å²) in [5.41, 5.74) is 0.904. The van der Waals surface area contributed by atoms with Crippen LogP contribution in [0.5, 0.6) is 17.4 Å². The molecule has 0 aliphatic heterocycles. The van der Waals surface area contributed by atoms with E-state index in [2.05, 4.69) is 9.97 Å². The highest BCUT2D eigenvalue weighted by Gasteiger charge is 2.11. The van der Waals surface area contributed by atoms with Crippen LogP contribution in [0.4, 0.5) is 0 Å². The Morgan fingerprint density at radius 2 is 1.82 bits per heavy atom. The molecule has 0 atom stereocenters. The molecular formula is C17H13ClN2O2. The second kappa shape index (κ2) is 6.45. The number of aromatic nitrogens is 2. The van der Waals surface area contributed by atoms with Gasteiger partial charge in [-0.2, -0.15) is 4.98 Å². The standard InChI is InChI=1S/C17H13ClN2O2/c1-21-15-11-19-16(12-6-3-2-4-7-12)20-17(15)22-14-9-5-8-13(18)10-14/h2-11H,1H3. The Labute approximate surface area is 133 Å². The molecule has 1 aromatic heterocycles. The summed E-state index contributed by atoms with van der Waals surface area (Å²) in [7, 11) is 1.55. The molecule has 0 bridgehead atoms. The lowest BCUT2D eigenvalue weighted by atomic mass is 10.2. The first-order chi connectivity index (χ1) is 10.8. The molecule has 110 valence electrons. The molecule has 0 fully saturated rings. The van der Waals surface area contributed by atoms with E-state index in [0.29, 0.717) is 28.2 Å². The monoisotopic (exact) mass is 312 g/mol. The molecule has 3 rings (SSSR count). The number of ether oxygens (including phenoxy) is 2. The van der Waals surface area contributed by atoms with Crippen LogP contribution in [0, 0.1) is 0 Å². The third-order valence-electron chi connectivity index (χ3n) is 2.98. The molecule has 4 nitrogen and oxygen atoms in total. The summed E-state index contributed by atoms with van der Waals surface area (Å²) in [5.74, 6) is 1.96. The summed E-state index contributed by atoms with van der Waals surface area (Å²) in [6.07, 6.45) is 1.59. The number of benzene rings is 2. The molecule has 0 N–H and O–H groups in total. The van der Waals surface area contributed by atoms with Crippen LogP contribution in [0.2, 0.25) is 5.02 Å². The zero-order chi connectivity index (χ0) is 15.4. The largest absolute Gasteiger partial charge is 0.490 e. The molecular weight excluding hydrogens is 300 g/mol. The molecule has 0 aliphatic rings. The maximum Gasteiger partial charge on any atom is 0.266 e. The maximum atomic E-state index is 5.97. The third-order valence-corrected chi connectivity index (χ3v) is 3.22. The lowest BCUT2D eigenvalue weighted by molar-refractivity contribution is 0.367. The Bertz CT molecular complexity index is 779. The Kier molecular flexibility index (Phi) is 4.21. The summed E-state index contributed by atoms with van der Waals surface area (Å²) in [4.78, 5) is 8.73. The second-order valence-electron chi connectivity index (χ2n) is 4.49. The molecule has 5 heteroatoms. The van der Waals surface area contributed by atoms with Crippen LogP contribution in [-0.2, 0) is 0 Å². The molecule has 0 spiro atoms. The SMILES string of the molecule is COc1cnc(-c2ccccc2)nc1Oc1cccc(Cl)c1. The van der Waals surface area contributed by atoms with Crippen molar-refractivity contribution in [1.29, 1.82) is 0 Å². The predicted molar refractivity (Wildman–Crippen MR) is 85.5 cm³/mol. The Morgan fingerprint density at radius 3 is 2.55 bits per heavy atom. The van der Waals surface area contributed by atoms with Crippen LogP contribution in [0.15, 0.2) is 60.8 Å². The van der Waals surface area contributed by atoms with Gasteiger partial charge in [-0.05, 0) is 18.2 Å². The van der Waals surface area contributed by atoms with Crippen molar-refractivity contribution < 1.29 is 9.47 Å². The van der Waals surface area contributed by atoms with Crippen molar-refractivity contribution in [2.45, 2.75) is 0 Å². The van der Waals surface area contributed by atoms with E-state index in [0.717, 1.165) is 5.56 Å². The molecule has 1 heterocycles. The van der Waals surface area contributed by atoms with Crippen LogP contribution in [0.1, 0.15) is 0 Å². The van der Waals surface area contributed by atoms with Gasteiger partial charge in [0.1, 0.15) is 5.75 Å². The van der Waals surface area contributed by atoms with Crippen LogP contribution in [0.3, 0.4) is 0 Å². The van der Waals surface area contributed by atoms with E-state index in [4.69, 9.17) is 21.1 Å². The van der Waals surface area contributed by atoms with Gasteiger partial charge in [-0.3, -0.25) is 0 Å². The van der Waals surface area contributed by atoms with E-state index < -0.39 is 0 Å². The molecule has 3 aromatic rings. The summed E-state index contributed by atoms with van der Waals surface area (Å²) < 4.78 is 11.0. The van der Waals surface area contributed by atoms with Crippen LogP contribution >= 0.6 is 11.6 Å². The third kappa shape index (κ3) is 3.18. The molecule has 0 aliphatic carbocycles. The molecule has 2 aromatic carbocycles. The lowest BCUT2D eigenvalue weighted by Crippen LogP contribution is -1.97. The molecule has 0 saturated heterocycles. The van der Waals surface area contributed by atoms with E-state index in [1.54, 1.807) is 31.5 Å². The fraction of sp³-hybridized carbons (Fsp3) is 0.0588. The minimum atomic E-state index is 0.346. The summed E-state index contributed by atoms with van der Waals surface area (Å²) in [6.45, 7) is 0. The minimum Gasteiger partial charge on any atom is -0.490 e. The summed E-state index contributed by atoms with van der Waals surface area (Å²) >= 11 is 5.97. The quantitative estimate of drug-likeness (QED) is 0.706. The van der Waals surface area contributed by atoms with Gasteiger partial charge in [-0.25, -0.2) is 4.98 Å². The normalized spacial score (nSPS) is 10.3. The van der Waals surface area contributed by atoms with E-state index in [-0.39, 0.29) is 0 Å². The highest BCUT2D eigenvalue weighted by atomic mass is 35.5. The van der Waals surface area contributed by atoms with Crippen molar-refractivity contribution in [2.75, 3.05) is 7.11 Å². The van der Waals surface area contributed by atoms with Crippen LogP contribution in [0.25, 0.3) is 11.4 Å². The van der Waals surface area contributed by atoms with Crippen molar-refractivity contribution in [3.8, 4) is 28.8 Å². The number of halogens is 1.